The third kappa shape index (κ3) is 6.31. The Morgan fingerprint density at radius 3 is 2.58 bits per heavy atom. The quantitative estimate of drug-likeness (QED) is 0.743. The Balaban J connectivity index is 0.000000383. The highest BCUT2D eigenvalue weighted by Crippen LogP contribution is 2.23. The number of allylic oxidation sites excluding steroid dienone is 1. The van der Waals surface area contributed by atoms with E-state index in [4.69, 9.17) is 19.9 Å². The number of alkyl halides is 3. The third-order valence-electron chi connectivity index (χ3n) is 4.96. The Morgan fingerprint density at radius 2 is 2.00 bits per heavy atom. The van der Waals surface area contributed by atoms with Crippen LogP contribution in [0.15, 0.2) is 42.2 Å². The minimum Gasteiger partial charge on any atom is -0.475 e. The van der Waals surface area contributed by atoms with Crippen LogP contribution in [0.3, 0.4) is 0 Å². The fraction of sp³-hybridized carbons (Fsp3) is 0.381. The Hall–Kier alpha value is -3.88. The minimum absolute atomic E-state index is 0.0820. The van der Waals surface area contributed by atoms with Crippen molar-refractivity contribution in [3.8, 4) is 11.9 Å². The second-order valence-electron chi connectivity index (χ2n) is 7.35. The van der Waals surface area contributed by atoms with Crippen LogP contribution in [0, 0.1) is 11.3 Å². The summed E-state index contributed by atoms with van der Waals surface area (Å²) in [6.45, 7) is 1.55. The number of carbonyl (C=O) groups excluding carboxylic acids is 1. The normalized spacial score (nSPS) is 17.6. The molecule has 0 spiro atoms. The van der Waals surface area contributed by atoms with Crippen molar-refractivity contribution in [3.05, 3.63) is 53.5 Å². The summed E-state index contributed by atoms with van der Waals surface area (Å²) >= 11 is 0. The Kier molecular flexibility index (Phi) is 7.32. The van der Waals surface area contributed by atoms with Gasteiger partial charge in [-0.25, -0.2) is 9.78 Å². The first-order valence-corrected chi connectivity index (χ1v) is 9.99. The lowest BCUT2D eigenvalue weighted by molar-refractivity contribution is -0.192. The lowest BCUT2D eigenvalue weighted by Crippen LogP contribution is -2.39. The summed E-state index contributed by atoms with van der Waals surface area (Å²) < 4.78 is 39.6. The number of aliphatic carboxylic acids is 1. The molecular formula is C21H20F3N5O4. The zero-order valence-electron chi connectivity index (χ0n) is 17.3. The number of amides is 1. The zero-order chi connectivity index (χ0) is 24.0. The molecule has 4 rings (SSSR count). The van der Waals surface area contributed by atoms with Gasteiger partial charge >= 0.3 is 12.1 Å². The van der Waals surface area contributed by atoms with E-state index in [9.17, 15) is 18.0 Å². The number of rotatable bonds is 3. The fourth-order valence-corrected chi connectivity index (χ4v) is 3.40. The SMILES string of the molecule is N#Cc1ccc(OC2CN(C(=O)C3=CCCC3)Cc3ccnn3C2)nc1.O=C(O)C(F)(F)F. The van der Waals surface area contributed by atoms with Crippen LogP contribution in [0.5, 0.6) is 5.88 Å². The lowest BCUT2D eigenvalue weighted by Gasteiger charge is -2.25. The molecule has 0 saturated carbocycles. The van der Waals surface area contributed by atoms with E-state index >= 15 is 0 Å². The van der Waals surface area contributed by atoms with Crippen molar-refractivity contribution < 1.29 is 32.6 Å². The largest absolute Gasteiger partial charge is 0.490 e. The smallest absolute Gasteiger partial charge is 0.475 e. The monoisotopic (exact) mass is 463 g/mol. The maximum Gasteiger partial charge on any atom is 0.490 e. The van der Waals surface area contributed by atoms with Crippen LogP contribution in [0.1, 0.15) is 30.5 Å². The van der Waals surface area contributed by atoms with Crippen molar-refractivity contribution in [3.63, 3.8) is 0 Å². The number of carboxylic acid groups (broad SMARTS) is 1. The first-order chi connectivity index (χ1) is 15.7. The molecule has 174 valence electrons. The summed E-state index contributed by atoms with van der Waals surface area (Å²) in [5.41, 5.74) is 2.38. The Labute approximate surface area is 186 Å². The van der Waals surface area contributed by atoms with Gasteiger partial charge in [-0.2, -0.15) is 23.5 Å². The van der Waals surface area contributed by atoms with E-state index in [1.165, 1.54) is 6.20 Å². The van der Waals surface area contributed by atoms with E-state index in [0.29, 0.717) is 31.1 Å². The van der Waals surface area contributed by atoms with Gasteiger partial charge in [0.25, 0.3) is 0 Å². The summed E-state index contributed by atoms with van der Waals surface area (Å²) in [6.07, 6.45) is 2.79. The van der Waals surface area contributed by atoms with Gasteiger partial charge in [0.2, 0.25) is 11.8 Å². The molecule has 0 radical (unpaired) electrons. The van der Waals surface area contributed by atoms with Crippen LogP contribution >= 0.6 is 0 Å². The average molecular weight is 463 g/mol. The number of pyridine rings is 1. The van der Waals surface area contributed by atoms with Gasteiger partial charge in [-0.05, 0) is 31.4 Å². The number of aromatic nitrogens is 3. The van der Waals surface area contributed by atoms with Gasteiger partial charge in [0, 0.05) is 24.0 Å². The molecule has 12 heteroatoms. The van der Waals surface area contributed by atoms with E-state index in [0.717, 1.165) is 30.5 Å². The molecular weight excluding hydrogens is 443 g/mol. The topological polar surface area (TPSA) is 121 Å². The number of hydrogen-bond acceptors (Lipinski definition) is 6. The van der Waals surface area contributed by atoms with Crippen LogP contribution in [-0.4, -0.2) is 55.5 Å². The molecule has 1 atom stereocenters. The van der Waals surface area contributed by atoms with Crippen molar-refractivity contribution >= 4 is 11.9 Å². The second kappa shape index (κ2) is 10.2. The number of ether oxygens (including phenoxy) is 1. The molecule has 3 heterocycles. The average Bonchev–Trinajstić information content (AvgIpc) is 3.43. The van der Waals surface area contributed by atoms with Crippen molar-refractivity contribution in [1.82, 2.24) is 19.7 Å². The van der Waals surface area contributed by atoms with E-state index in [-0.39, 0.29) is 12.0 Å². The number of nitriles is 1. The molecule has 1 N–H and O–H groups in total. The molecule has 0 aromatic carbocycles. The van der Waals surface area contributed by atoms with Gasteiger partial charge in [0.1, 0.15) is 12.2 Å². The van der Waals surface area contributed by atoms with E-state index in [1.807, 2.05) is 27.8 Å². The van der Waals surface area contributed by atoms with Crippen LogP contribution in [-0.2, 0) is 22.7 Å². The molecule has 1 unspecified atom stereocenters. The molecule has 9 nitrogen and oxygen atoms in total. The predicted molar refractivity (Wildman–Crippen MR) is 107 cm³/mol. The van der Waals surface area contributed by atoms with Crippen LogP contribution in [0.2, 0.25) is 0 Å². The third-order valence-corrected chi connectivity index (χ3v) is 4.96. The fourth-order valence-electron chi connectivity index (χ4n) is 3.40. The standard InChI is InChI=1S/C19H19N5O2.C2HF3O2/c20-9-14-5-6-18(21-10-14)26-17-12-23(19(25)15-3-1-2-4-15)11-16-7-8-22-24(16)13-17;3-2(4,5)1(6)7/h3,5-8,10,17H,1-2,4,11-13H2;(H,6,7). The molecule has 2 aliphatic rings. The second-order valence-corrected chi connectivity index (χ2v) is 7.35. The van der Waals surface area contributed by atoms with E-state index in [1.54, 1.807) is 18.3 Å². The van der Waals surface area contributed by atoms with Crippen LogP contribution in [0.4, 0.5) is 13.2 Å². The van der Waals surface area contributed by atoms with Gasteiger partial charge in [-0.3, -0.25) is 9.48 Å². The minimum atomic E-state index is -5.08. The maximum atomic E-state index is 12.9. The highest BCUT2D eigenvalue weighted by molar-refractivity contribution is 5.93. The number of fused-ring (bicyclic) bond motifs is 1. The van der Waals surface area contributed by atoms with Crippen LogP contribution in [0.25, 0.3) is 0 Å². The molecule has 1 aliphatic heterocycles. The van der Waals surface area contributed by atoms with Gasteiger partial charge in [0.15, 0.2) is 0 Å². The van der Waals surface area contributed by atoms with Crippen molar-refractivity contribution in [2.24, 2.45) is 0 Å². The molecule has 1 aliphatic carbocycles. The summed E-state index contributed by atoms with van der Waals surface area (Å²) in [5, 5.41) is 20.4. The van der Waals surface area contributed by atoms with Crippen molar-refractivity contribution in [1.29, 1.82) is 5.26 Å². The lowest BCUT2D eigenvalue weighted by atomic mass is 10.2. The maximum absolute atomic E-state index is 12.9. The number of halogens is 3. The van der Waals surface area contributed by atoms with Crippen molar-refractivity contribution in [2.75, 3.05) is 6.54 Å². The molecule has 2 aromatic rings. The van der Waals surface area contributed by atoms with Crippen molar-refractivity contribution in [2.45, 2.75) is 44.6 Å². The Morgan fingerprint density at radius 1 is 1.24 bits per heavy atom. The molecule has 0 saturated heterocycles. The summed E-state index contributed by atoms with van der Waals surface area (Å²) in [5.74, 6) is -2.23. The first-order valence-electron chi connectivity index (χ1n) is 9.99. The molecule has 1 amide bonds. The molecule has 2 aromatic heterocycles. The number of carboxylic acids is 1. The Bertz CT molecular complexity index is 1070. The summed E-state index contributed by atoms with van der Waals surface area (Å²) in [6, 6.07) is 7.33. The molecule has 0 fully saturated rings. The molecule has 0 bridgehead atoms. The van der Waals surface area contributed by atoms with Crippen LogP contribution < -0.4 is 4.74 Å². The van der Waals surface area contributed by atoms with E-state index < -0.39 is 12.1 Å². The van der Waals surface area contributed by atoms with Gasteiger partial charge in [-0.1, -0.05) is 6.08 Å². The summed E-state index contributed by atoms with van der Waals surface area (Å²) in [7, 11) is 0. The highest BCUT2D eigenvalue weighted by atomic mass is 19.4. The first kappa shape index (κ1) is 23.8. The summed E-state index contributed by atoms with van der Waals surface area (Å²) in [4.78, 5) is 27.8. The van der Waals surface area contributed by atoms with Gasteiger partial charge in [0.05, 0.1) is 30.9 Å². The van der Waals surface area contributed by atoms with Gasteiger partial charge in [-0.15, -0.1) is 0 Å². The number of carbonyl (C=O) groups is 2. The predicted octanol–water partition coefficient (Wildman–Crippen LogP) is 2.68. The van der Waals surface area contributed by atoms with Gasteiger partial charge < -0.3 is 14.7 Å². The highest BCUT2D eigenvalue weighted by Gasteiger charge is 2.38. The van der Waals surface area contributed by atoms with E-state index in [2.05, 4.69) is 10.1 Å². The molecule has 33 heavy (non-hydrogen) atoms. The number of nitrogens with zero attached hydrogens (tertiary/aromatic N) is 5. The number of hydrogen-bond donors (Lipinski definition) is 1. The zero-order valence-corrected chi connectivity index (χ0v) is 17.3.